The van der Waals surface area contributed by atoms with Crippen molar-refractivity contribution in [3.63, 3.8) is 0 Å². The van der Waals surface area contributed by atoms with Crippen LogP contribution < -0.4 is 10.2 Å². The summed E-state index contributed by atoms with van der Waals surface area (Å²) >= 11 is 0. The molecule has 0 spiro atoms. The Morgan fingerprint density at radius 3 is 2.22 bits per heavy atom. The first kappa shape index (κ1) is 14.9. The second-order valence-corrected chi connectivity index (χ2v) is 4.52. The SMILES string of the molecule is CC(NCC(O)C(F)F)c1ccc(N(C)C)cc1. The molecule has 2 N–H and O–H groups in total. The van der Waals surface area contributed by atoms with E-state index >= 15 is 0 Å². The Bertz CT molecular complexity index is 355. The van der Waals surface area contributed by atoms with Crippen LogP contribution in [-0.2, 0) is 0 Å². The number of nitrogens with one attached hydrogen (secondary N) is 1. The van der Waals surface area contributed by atoms with Crippen LogP contribution in [0.15, 0.2) is 24.3 Å². The molecule has 0 heterocycles. The first-order valence-electron chi connectivity index (χ1n) is 5.88. The van der Waals surface area contributed by atoms with Gasteiger partial charge in [0.05, 0.1) is 0 Å². The topological polar surface area (TPSA) is 35.5 Å². The quantitative estimate of drug-likeness (QED) is 0.819. The smallest absolute Gasteiger partial charge is 0.265 e. The third-order valence-corrected chi connectivity index (χ3v) is 2.83. The van der Waals surface area contributed by atoms with Gasteiger partial charge in [0.2, 0.25) is 0 Å². The number of alkyl halides is 2. The Morgan fingerprint density at radius 2 is 1.78 bits per heavy atom. The molecule has 0 aliphatic heterocycles. The highest BCUT2D eigenvalue weighted by molar-refractivity contribution is 5.46. The molecule has 1 aromatic rings. The third kappa shape index (κ3) is 4.23. The normalized spacial score (nSPS) is 14.6. The van der Waals surface area contributed by atoms with E-state index in [2.05, 4.69) is 5.32 Å². The van der Waals surface area contributed by atoms with Crippen LogP contribution in [0.3, 0.4) is 0 Å². The van der Waals surface area contributed by atoms with Crippen molar-refractivity contribution in [2.24, 2.45) is 0 Å². The summed E-state index contributed by atoms with van der Waals surface area (Å²) in [5.74, 6) is 0. The number of halogens is 2. The van der Waals surface area contributed by atoms with Crippen LogP contribution >= 0.6 is 0 Å². The second-order valence-electron chi connectivity index (χ2n) is 4.52. The number of hydrogen-bond acceptors (Lipinski definition) is 3. The van der Waals surface area contributed by atoms with Crippen molar-refractivity contribution in [2.45, 2.75) is 25.5 Å². The minimum absolute atomic E-state index is 0.0744. The summed E-state index contributed by atoms with van der Waals surface area (Å²) in [4.78, 5) is 1.99. The van der Waals surface area contributed by atoms with Crippen molar-refractivity contribution >= 4 is 5.69 Å². The van der Waals surface area contributed by atoms with Crippen LogP contribution in [0.25, 0.3) is 0 Å². The van der Waals surface area contributed by atoms with Crippen LogP contribution in [0, 0.1) is 0 Å². The zero-order valence-corrected chi connectivity index (χ0v) is 10.9. The van der Waals surface area contributed by atoms with Gasteiger partial charge in [0.1, 0.15) is 6.10 Å². The van der Waals surface area contributed by atoms with Gasteiger partial charge < -0.3 is 15.3 Å². The van der Waals surface area contributed by atoms with Crippen molar-refractivity contribution in [1.29, 1.82) is 0 Å². The maximum absolute atomic E-state index is 12.1. The molecule has 0 radical (unpaired) electrons. The summed E-state index contributed by atoms with van der Waals surface area (Å²) in [6, 6.07) is 7.76. The molecule has 3 nitrogen and oxygen atoms in total. The second kappa shape index (κ2) is 6.66. The van der Waals surface area contributed by atoms with E-state index in [1.54, 1.807) is 0 Å². The summed E-state index contributed by atoms with van der Waals surface area (Å²) < 4.78 is 24.3. The largest absolute Gasteiger partial charge is 0.386 e. The van der Waals surface area contributed by atoms with Crippen LogP contribution in [-0.4, -0.2) is 38.3 Å². The van der Waals surface area contributed by atoms with E-state index in [-0.39, 0.29) is 12.6 Å². The summed E-state index contributed by atoms with van der Waals surface area (Å²) in [5, 5.41) is 11.9. The molecule has 1 aromatic carbocycles. The first-order valence-corrected chi connectivity index (χ1v) is 5.88. The van der Waals surface area contributed by atoms with E-state index in [9.17, 15) is 8.78 Å². The van der Waals surface area contributed by atoms with Gasteiger partial charge in [-0.3, -0.25) is 0 Å². The van der Waals surface area contributed by atoms with Gasteiger partial charge in [0, 0.05) is 32.4 Å². The number of benzene rings is 1. The molecule has 0 bridgehead atoms. The summed E-state index contributed by atoms with van der Waals surface area (Å²) in [6.07, 6.45) is -4.32. The molecule has 1 rings (SSSR count). The molecule has 0 saturated carbocycles. The molecule has 0 aromatic heterocycles. The number of anilines is 1. The molecule has 0 aliphatic rings. The predicted octanol–water partition coefficient (Wildman–Crippen LogP) is 2.03. The maximum Gasteiger partial charge on any atom is 0.265 e. The molecular weight excluding hydrogens is 238 g/mol. The molecule has 2 atom stereocenters. The summed E-state index contributed by atoms with van der Waals surface area (Å²) in [5.41, 5.74) is 2.08. The van der Waals surface area contributed by atoms with Gasteiger partial charge in [-0.15, -0.1) is 0 Å². The van der Waals surface area contributed by atoms with Crippen molar-refractivity contribution in [2.75, 3.05) is 25.5 Å². The van der Waals surface area contributed by atoms with Crippen molar-refractivity contribution in [3.8, 4) is 0 Å². The average Bonchev–Trinajstić information content (AvgIpc) is 2.35. The number of nitrogens with zero attached hydrogens (tertiary/aromatic N) is 1. The maximum atomic E-state index is 12.1. The number of aliphatic hydroxyl groups excluding tert-OH is 1. The zero-order chi connectivity index (χ0) is 13.7. The Labute approximate surface area is 106 Å². The molecule has 0 aliphatic carbocycles. The molecule has 102 valence electrons. The Kier molecular flexibility index (Phi) is 5.50. The summed E-state index contributed by atoms with van der Waals surface area (Å²) in [6.45, 7) is 1.76. The molecular formula is C13H20F2N2O. The highest BCUT2D eigenvalue weighted by atomic mass is 19.3. The van der Waals surface area contributed by atoms with E-state index in [0.717, 1.165) is 11.3 Å². The van der Waals surface area contributed by atoms with Gasteiger partial charge in [0.25, 0.3) is 6.43 Å². The van der Waals surface area contributed by atoms with Gasteiger partial charge in [-0.2, -0.15) is 0 Å². The molecule has 0 saturated heterocycles. The number of hydrogen-bond donors (Lipinski definition) is 2. The van der Waals surface area contributed by atoms with Gasteiger partial charge >= 0.3 is 0 Å². The van der Waals surface area contributed by atoms with Crippen molar-refractivity contribution in [1.82, 2.24) is 5.32 Å². The molecule has 5 heteroatoms. The molecule has 18 heavy (non-hydrogen) atoms. The lowest BCUT2D eigenvalue weighted by atomic mass is 10.1. The fourth-order valence-electron chi connectivity index (χ4n) is 1.57. The van der Waals surface area contributed by atoms with E-state index in [1.807, 2.05) is 50.2 Å². The van der Waals surface area contributed by atoms with E-state index in [0.29, 0.717) is 0 Å². The average molecular weight is 258 g/mol. The lowest BCUT2D eigenvalue weighted by Crippen LogP contribution is -2.33. The highest BCUT2D eigenvalue weighted by Crippen LogP contribution is 2.17. The lowest BCUT2D eigenvalue weighted by Gasteiger charge is -2.18. The fraction of sp³-hybridized carbons (Fsp3) is 0.538. The van der Waals surface area contributed by atoms with Crippen LogP contribution in [0.5, 0.6) is 0 Å². The third-order valence-electron chi connectivity index (χ3n) is 2.83. The standard InChI is InChI=1S/C13H20F2N2O/c1-9(16-8-12(18)13(14)15)10-4-6-11(7-5-10)17(2)3/h4-7,9,12-13,16,18H,8H2,1-3H3. The lowest BCUT2D eigenvalue weighted by molar-refractivity contribution is -0.00439. The van der Waals surface area contributed by atoms with Crippen molar-refractivity contribution < 1.29 is 13.9 Å². The highest BCUT2D eigenvalue weighted by Gasteiger charge is 2.17. The predicted molar refractivity (Wildman–Crippen MR) is 69.2 cm³/mol. The van der Waals surface area contributed by atoms with Gasteiger partial charge in [-0.25, -0.2) is 8.78 Å². The van der Waals surface area contributed by atoms with E-state index in [4.69, 9.17) is 5.11 Å². The number of rotatable bonds is 6. The van der Waals surface area contributed by atoms with E-state index < -0.39 is 12.5 Å². The monoisotopic (exact) mass is 258 g/mol. The zero-order valence-electron chi connectivity index (χ0n) is 10.9. The Morgan fingerprint density at radius 1 is 1.22 bits per heavy atom. The van der Waals surface area contributed by atoms with Crippen LogP contribution in [0.1, 0.15) is 18.5 Å². The van der Waals surface area contributed by atoms with Gasteiger partial charge in [-0.1, -0.05) is 12.1 Å². The summed E-state index contributed by atoms with van der Waals surface area (Å²) in [7, 11) is 3.91. The molecule has 0 amide bonds. The Balaban J connectivity index is 2.54. The van der Waals surface area contributed by atoms with E-state index in [1.165, 1.54) is 0 Å². The fourth-order valence-corrected chi connectivity index (χ4v) is 1.57. The van der Waals surface area contributed by atoms with Gasteiger partial charge in [-0.05, 0) is 24.6 Å². The van der Waals surface area contributed by atoms with Crippen molar-refractivity contribution in [3.05, 3.63) is 29.8 Å². The number of aliphatic hydroxyl groups is 1. The van der Waals surface area contributed by atoms with Gasteiger partial charge in [0.15, 0.2) is 0 Å². The van der Waals surface area contributed by atoms with Crippen LogP contribution in [0.4, 0.5) is 14.5 Å². The molecule has 2 unspecified atom stereocenters. The first-order chi connectivity index (χ1) is 8.41. The Hall–Kier alpha value is -1.20. The molecule has 0 fully saturated rings. The minimum atomic E-state index is -2.71. The van der Waals surface area contributed by atoms with Crippen LogP contribution in [0.2, 0.25) is 0 Å². The minimum Gasteiger partial charge on any atom is -0.386 e.